The van der Waals surface area contributed by atoms with Crippen LogP contribution < -0.4 is 5.32 Å². The lowest BCUT2D eigenvalue weighted by atomic mass is 9.82. The maximum absolute atomic E-state index is 9.46. The van der Waals surface area contributed by atoms with E-state index < -0.39 is 0 Å². The Morgan fingerprint density at radius 3 is 2.00 bits per heavy atom. The van der Waals surface area contributed by atoms with E-state index in [2.05, 4.69) is 39.9 Å². The van der Waals surface area contributed by atoms with E-state index in [1.807, 2.05) is 6.92 Å². The molecule has 0 aliphatic rings. The molecule has 1 unspecified atom stereocenters. The van der Waals surface area contributed by atoms with Crippen LogP contribution in [-0.2, 0) is 0 Å². The topological polar surface area (TPSA) is 32.3 Å². The van der Waals surface area contributed by atoms with Crippen molar-refractivity contribution in [3.05, 3.63) is 0 Å². The molecule has 0 rings (SSSR count). The SMILES string of the molecule is CCC(O)CNC(C)(C)CC(C)(C)C. The van der Waals surface area contributed by atoms with Crippen LogP contribution in [0.25, 0.3) is 0 Å². The number of aliphatic hydroxyl groups is 1. The summed E-state index contributed by atoms with van der Waals surface area (Å²) in [5, 5.41) is 12.9. The van der Waals surface area contributed by atoms with Gasteiger partial charge in [0.25, 0.3) is 0 Å². The molecule has 0 amide bonds. The molecule has 2 heteroatoms. The first-order valence-electron chi connectivity index (χ1n) is 5.59. The summed E-state index contributed by atoms with van der Waals surface area (Å²) in [6, 6.07) is 0. The van der Waals surface area contributed by atoms with Gasteiger partial charge in [-0.05, 0) is 32.1 Å². The molecule has 2 N–H and O–H groups in total. The summed E-state index contributed by atoms with van der Waals surface area (Å²) in [6.45, 7) is 13.8. The van der Waals surface area contributed by atoms with Crippen molar-refractivity contribution >= 4 is 0 Å². The second-order valence-corrected chi connectivity index (χ2v) is 6.06. The van der Waals surface area contributed by atoms with Crippen LogP contribution in [0.3, 0.4) is 0 Å². The molecule has 1 atom stereocenters. The van der Waals surface area contributed by atoms with Crippen LogP contribution in [0, 0.1) is 5.41 Å². The van der Waals surface area contributed by atoms with Gasteiger partial charge >= 0.3 is 0 Å². The summed E-state index contributed by atoms with van der Waals surface area (Å²) in [5.41, 5.74) is 0.433. The molecule has 0 aromatic heterocycles. The van der Waals surface area contributed by atoms with Crippen molar-refractivity contribution in [2.75, 3.05) is 6.54 Å². The molecular formula is C12H27NO. The normalized spacial score (nSPS) is 15.6. The number of rotatable bonds is 5. The summed E-state index contributed by atoms with van der Waals surface area (Å²) >= 11 is 0. The summed E-state index contributed by atoms with van der Waals surface area (Å²) in [5.74, 6) is 0. The average molecular weight is 201 g/mol. The van der Waals surface area contributed by atoms with Gasteiger partial charge < -0.3 is 10.4 Å². The molecule has 0 radical (unpaired) electrons. The molecule has 0 heterocycles. The van der Waals surface area contributed by atoms with Crippen molar-refractivity contribution in [3.63, 3.8) is 0 Å². The summed E-state index contributed by atoms with van der Waals surface area (Å²) in [7, 11) is 0. The van der Waals surface area contributed by atoms with Gasteiger partial charge in [0.15, 0.2) is 0 Å². The van der Waals surface area contributed by atoms with E-state index in [9.17, 15) is 5.11 Å². The molecule has 14 heavy (non-hydrogen) atoms. The predicted molar refractivity (Wildman–Crippen MR) is 62.5 cm³/mol. The number of β-amino-alcohol motifs (C(OH)–C–C–N with tert-alkyl or cyclic N) is 1. The van der Waals surface area contributed by atoms with Crippen LogP contribution in [-0.4, -0.2) is 23.3 Å². The quantitative estimate of drug-likeness (QED) is 0.716. The van der Waals surface area contributed by atoms with Crippen LogP contribution in [0.2, 0.25) is 0 Å². The zero-order chi connectivity index (χ0) is 11.4. The monoisotopic (exact) mass is 201 g/mol. The highest BCUT2D eigenvalue weighted by Crippen LogP contribution is 2.26. The lowest BCUT2D eigenvalue weighted by Gasteiger charge is -2.34. The van der Waals surface area contributed by atoms with Crippen molar-refractivity contribution in [2.45, 2.75) is 66.0 Å². The van der Waals surface area contributed by atoms with Gasteiger partial charge in [0.05, 0.1) is 6.10 Å². The van der Waals surface area contributed by atoms with Crippen LogP contribution in [0.1, 0.15) is 54.4 Å². The van der Waals surface area contributed by atoms with E-state index in [4.69, 9.17) is 0 Å². The first-order valence-corrected chi connectivity index (χ1v) is 5.59. The average Bonchev–Trinajstić information content (AvgIpc) is 1.96. The van der Waals surface area contributed by atoms with Crippen LogP contribution in [0.4, 0.5) is 0 Å². The van der Waals surface area contributed by atoms with E-state index >= 15 is 0 Å². The Hall–Kier alpha value is -0.0800. The molecule has 0 fully saturated rings. The van der Waals surface area contributed by atoms with Gasteiger partial charge in [0.1, 0.15) is 0 Å². The lowest BCUT2D eigenvalue weighted by Crippen LogP contribution is -2.45. The second kappa shape index (κ2) is 5.13. The van der Waals surface area contributed by atoms with Crippen molar-refractivity contribution in [1.82, 2.24) is 5.32 Å². The molecule has 0 saturated carbocycles. The molecule has 0 aromatic rings. The predicted octanol–water partition coefficient (Wildman–Crippen LogP) is 2.56. The van der Waals surface area contributed by atoms with Gasteiger partial charge in [0.2, 0.25) is 0 Å². The van der Waals surface area contributed by atoms with Crippen molar-refractivity contribution in [3.8, 4) is 0 Å². The van der Waals surface area contributed by atoms with Gasteiger partial charge in [-0.1, -0.05) is 27.7 Å². The third-order valence-corrected chi connectivity index (χ3v) is 2.26. The molecule has 2 nitrogen and oxygen atoms in total. The third-order valence-electron chi connectivity index (χ3n) is 2.26. The Bertz CT molecular complexity index is 158. The fourth-order valence-corrected chi connectivity index (χ4v) is 1.93. The number of aliphatic hydroxyl groups excluding tert-OH is 1. The van der Waals surface area contributed by atoms with E-state index in [1.165, 1.54) is 0 Å². The fraction of sp³-hybridized carbons (Fsp3) is 1.00. The first kappa shape index (κ1) is 13.9. The molecule has 0 spiro atoms. The van der Waals surface area contributed by atoms with Crippen LogP contribution in [0.15, 0.2) is 0 Å². The molecule has 0 aromatic carbocycles. The maximum Gasteiger partial charge on any atom is 0.0662 e. The highest BCUT2D eigenvalue weighted by molar-refractivity contribution is 4.83. The fourth-order valence-electron chi connectivity index (χ4n) is 1.93. The highest BCUT2D eigenvalue weighted by atomic mass is 16.3. The van der Waals surface area contributed by atoms with E-state index in [-0.39, 0.29) is 11.6 Å². The van der Waals surface area contributed by atoms with Crippen molar-refractivity contribution < 1.29 is 5.11 Å². The Morgan fingerprint density at radius 2 is 1.64 bits per heavy atom. The summed E-state index contributed by atoms with van der Waals surface area (Å²) in [6.07, 6.45) is 1.71. The summed E-state index contributed by atoms with van der Waals surface area (Å²) in [4.78, 5) is 0. The minimum absolute atomic E-state index is 0.106. The van der Waals surface area contributed by atoms with Crippen LogP contribution >= 0.6 is 0 Å². The lowest BCUT2D eigenvalue weighted by molar-refractivity contribution is 0.143. The number of nitrogens with one attached hydrogen (secondary N) is 1. The minimum atomic E-state index is -0.214. The molecule has 86 valence electrons. The standard InChI is InChI=1S/C12H27NO/c1-7-10(14)8-13-12(5,6)9-11(2,3)4/h10,13-14H,7-9H2,1-6H3. The Morgan fingerprint density at radius 1 is 1.14 bits per heavy atom. The van der Waals surface area contributed by atoms with Gasteiger partial charge in [-0.25, -0.2) is 0 Å². The Labute approximate surface area is 89.1 Å². The zero-order valence-electron chi connectivity index (χ0n) is 10.6. The Kier molecular flexibility index (Phi) is 5.10. The van der Waals surface area contributed by atoms with Gasteiger partial charge in [0, 0.05) is 12.1 Å². The highest BCUT2D eigenvalue weighted by Gasteiger charge is 2.25. The molecule has 0 aliphatic heterocycles. The largest absolute Gasteiger partial charge is 0.392 e. The molecule has 0 bridgehead atoms. The molecule has 0 saturated heterocycles. The van der Waals surface area contributed by atoms with Crippen molar-refractivity contribution in [2.24, 2.45) is 5.41 Å². The van der Waals surface area contributed by atoms with Crippen molar-refractivity contribution in [1.29, 1.82) is 0 Å². The number of hydrogen-bond acceptors (Lipinski definition) is 2. The van der Waals surface area contributed by atoms with Gasteiger partial charge in [-0.3, -0.25) is 0 Å². The third kappa shape index (κ3) is 7.34. The minimum Gasteiger partial charge on any atom is -0.392 e. The van der Waals surface area contributed by atoms with E-state index in [0.717, 1.165) is 12.8 Å². The first-order chi connectivity index (χ1) is 6.16. The van der Waals surface area contributed by atoms with E-state index in [1.54, 1.807) is 0 Å². The maximum atomic E-state index is 9.46. The van der Waals surface area contributed by atoms with Gasteiger partial charge in [-0.15, -0.1) is 0 Å². The number of hydrogen-bond donors (Lipinski definition) is 2. The molecule has 0 aliphatic carbocycles. The smallest absolute Gasteiger partial charge is 0.0662 e. The molecular weight excluding hydrogens is 174 g/mol. The van der Waals surface area contributed by atoms with E-state index in [0.29, 0.717) is 12.0 Å². The summed E-state index contributed by atoms with van der Waals surface area (Å²) < 4.78 is 0. The Balaban J connectivity index is 3.95. The second-order valence-electron chi connectivity index (χ2n) is 6.06. The zero-order valence-corrected chi connectivity index (χ0v) is 10.6. The van der Waals surface area contributed by atoms with Gasteiger partial charge in [-0.2, -0.15) is 0 Å². The van der Waals surface area contributed by atoms with Crippen LogP contribution in [0.5, 0.6) is 0 Å².